The third-order valence-corrected chi connectivity index (χ3v) is 6.74. The number of aromatic amines is 1. The fraction of sp³-hybridized carbons (Fsp3) is 0.409. The zero-order valence-corrected chi connectivity index (χ0v) is 17.3. The van der Waals surface area contributed by atoms with Crippen molar-refractivity contribution in [3.63, 3.8) is 0 Å². The number of allylic oxidation sites excluding steroid dienone is 1. The third-order valence-electron chi connectivity index (χ3n) is 5.74. The van der Waals surface area contributed by atoms with Crippen LogP contribution < -0.4 is 5.32 Å². The molecule has 0 unspecified atom stereocenters. The Morgan fingerprint density at radius 3 is 2.93 bits per heavy atom. The number of nitrogens with one attached hydrogen (secondary N) is 2. The molecule has 1 saturated carbocycles. The largest absolute Gasteiger partial charge is 0.351 e. The maximum atomic E-state index is 13.2. The molecule has 2 N–H and O–H groups in total. The summed E-state index contributed by atoms with van der Waals surface area (Å²) in [6, 6.07) is 10.0. The van der Waals surface area contributed by atoms with Gasteiger partial charge in [-0.05, 0) is 57.2 Å². The maximum Gasteiger partial charge on any atom is 0.270 e. The number of carbonyl (C=O) groups excluding carboxylic acids is 1. The van der Waals surface area contributed by atoms with Crippen LogP contribution in [-0.4, -0.2) is 38.6 Å². The number of likely N-dealkylation sites (N-methyl/N-ethyl adjacent to an activating group) is 1. The van der Waals surface area contributed by atoms with E-state index in [0.29, 0.717) is 18.2 Å². The molecule has 7 heteroatoms. The first kappa shape index (κ1) is 18.4. The molecule has 1 atom stereocenters. The molecule has 1 aromatic carbocycles. The summed E-state index contributed by atoms with van der Waals surface area (Å²) in [6.07, 6.45) is 7.68. The van der Waals surface area contributed by atoms with E-state index in [4.69, 9.17) is 0 Å². The highest BCUT2D eigenvalue weighted by Gasteiger charge is 2.28. The molecule has 1 fully saturated rings. The molecule has 3 aromatic rings. The Bertz CT molecular complexity index is 1030. The number of anilines is 1. The molecule has 5 rings (SSSR count). The van der Waals surface area contributed by atoms with Gasteiger partial charge in [0, 0.05) is 29.1 Å². The predicted molar refractivity (Wildman–Crippen MR) is 116 cm³/mol. The maximum absolute atomic E-state index is 13.2. The van der Waals surface area contributed by atoms with E-state index in [1.807, 2.05) is 42.2 Å². The minimum atomic E-state index is 0.0538. The standard InChI is InChI=1S/C22H25N5OS/c1-2-27(21(28)19-12-15-6-3-4-9-18(15)24-19)17-8-5-7-16(13-17)23-22-26-25-20(29-22)14-10-11-14/h3-4,6,9,12-14,17,24H,2,5,7-8,10-11H2,1H3,(H,23,26)/t17-/m0/s1. The Morgan fingerprint density at radius 2 is 2.14 bits per heavy atom. The summed E-state index contributed by atoms with van der Waals surface area (Å²) >= 11 is 1.66. The van der Waals surface area contributed by atoms with Crippen LogP contribution in [0.25, 0.3) is 10.9 Å². The quantitative estimate of drug-likeness (QED) is 0.609. The van der Waals surface area contributed by atoms with Crippen LogP contribution in [0.15, 0.2) is 42.1 Å². The molecule has 0 aliphatic heterocycles. The van der Waals surface area contributed by atoms with Crippen LogP contribution in [0.4, 0.5) is 5.13 Å². The molecule has 2 aromatic heterocycles. The lowest BCUT2D eigenvalue weighted by Gasteiger charge is -2.32. The van der Waals surface area contributed by atoms with E-state index in [0.717, 1.165) is 46.0 Å². The number of hydrogen-bond acceptors (Lipinski definition) is 5. The van der Waals surface area contributed by atoms with Crippen molar-refractivity contribution in [1.82, 2.24) is 20.1 Å². The van der Waals surface area contributed by atoms with Crippen LogP contribution in [0.2, 0.25) is 0 Å². The van der Waals surface area contributed by atoms with Crippen molar-refractivity contribution in [2.24, 2.45) is 0 Å². The van der Waals surface area contributed by atoms with Gasteiger partial charge in [-0.2, -0.15) is 0 Å². The molecule has 0 bridgehead atoms. The second kappa shape index (κ2) is 7.63. The Labute approximate surface area is 174 Å². The summed E-state index contributed by atoms with van der Waals surface area (Å²) in [5.74, 6) is 0.679. The van der Waals surface area contributed by atoms with Crippen molar-refractivity contribution < 1.29 is 4.79 Å². The predicted octanol–water partition coefficient (Wildman–Crippen LogP) is 4.91. The van der Waals surface area contributed by atoms with Gasteiger partial charge >= 0.3 is 0 Å². The van der Waals surface area contributed by atoms with E-state index in [2.05, 4.69) is 26.6 Å². The Morgan fingerprint density at radius 1 is 1.28 bits per heavy atom. The van der Waals surface area contributed by atoms with E-state index in [1.54, 1.807) is 11.3 Å². The number of para-hydroxylation sites is 1. The summed E-state index contributed by atoms with van der Waals surface area (Å²) in [7, 11) is 0. The van der Waals surface area contributed by atoms with Gasteiger partial charge in [0.25, 0.3) is 5.91 Å². The van der Waals surface area contributed by atoms with Crippen LogP contribution in [0, 0.1) is 0 Å². The van der Waals surface area contributed by atoms with Crippen molar-refractivity contribution in [3.05, 3.63) is 52.8 Å². The summed E-state index contributed by atoms with van der Waals surface area (Å²) in [4.78, 5) is 18.5. The highest BCUT2D eigenvalue weighted by Crippen LogP contribution is 2.42. The van der Waals surface area contributed by atoms with Gasteiger partial charge in [0.1, 0.15) is 10.7 Å². The molecule has 2 aliphatic rings. The fourth-order valence-corrected chi connectivity index (χ4v) is 4.99. The van der Waals surface area contributed by atoms with E-state index in [9.17, 15) is 4.79 Å². The number of benzene rings is 1. The summed E-state index contributed by atoms with van der Waals surface area (Å²) in [5, 5.41) is 15.1. The highest BCUT2D eigenvalue weighted by atomic mass is 32.1. The first-order valence-electron chi connectivity index (χ1n) is 10.4. The number of amides is 1. The lowest BCUT2D eigenvalue weighted by molar-refractivity contribution is 0.0707. The minimum Gasteiger partial charge on any atom is -0.351 e. The minimum absolute atomic E-state index is 0.0538. The Balaban J connectivity index is 1.33. The van der Waals surface area contributed by atoms with E-state index in [-0.39, 0.29) is 11.9 Å². The SMILES string of the molecule is CCN(C(=O)c1cc2ccccc2[nH]1)[C@@H]1C=C(Nc2nnc(C3CC3)s2)CCC1. The average molecular weight is 408 g/mol. The molecule has 0 saturated heterocycles. The Hall–Kier alpha value is -2.67. The molecular weight excluding hydrogens is 382 g/mol. The lowest BCUT2D eigenvalue weighted by Crippen LogP contribution is -2.40. The number of hydrogen-bond donors (Lipinski definition) is 2. The van der Waals surface area contributed by atoms with E-state index in [1.165, 1.54) is 12.8 Å². The number of nitrogens with zero attached hydrogens (tertiary/aromatic N) is 3. The Kier molecular flexibility index (Phi) is 4.83. The summed E-state index contributed by atoms with van der Waals surface area (Å²) in [6.45, 7) is 2.72. The number of aromatic nitrogens is 3. The van der Waals surface area contributed by atoms with Gasteiger partial charge in [0.05, 0.1) is 6.04 Å². The number of rotatable bonds is 6. The molecule has 6 nitrogen and oxygen atoms in total. The third kappa shape index (κ3) is 3.79. The van der Waals surface area contributed by atoms with Crippen molar-refractivity contribution in [2.45, 2.75) is 51.0 Å². The number of fused-ring (bicyclic) bond motifs is 1. The zero-order valence-electron chi connectivity index (χ0n) is 16.5. The van der Waals surface area contributed by atoms with Crippen molar-refractivity contribution in [3.8, 4) is 0 Å². The molecule has 150 valence electrons. The van der Waals surface area contributed by atoms with Gasteiger partial charge in [-0.3, -0.25) is 4.79 Å². The van der Waals surface area contributed by atoms with Gasteiger partial charge in [-0.1, -0.05) is 29.5 Å². The van der Waals surface area contributed by atoms with Crippen molar-refractivity contribution >= 4 is 33.3 Å². The monoisotopic (exact) mass is 407 g/mol. The average Bonchev–Trinajstić information content (AvgIpc) is 3.32. The van der Waals surface area contributed by atoms with Crippen LogP contribution in [0.5, 0.6) is 0 Å². The molecule has 2 heterocycles. The molecular formula is C22H25N5OS. The molecule has 29 heavy (non-hydrogen) atoms. The highest BCUT2D eigenvalue weighted by molar-refractivity contribution is 7.15. The molecule has 0 spiro atoms. The summed E-state index contributed by atoms with van der Waals surface area (Å²) < 4.78 is 0. The van der Waals surface area contributed by atoms with Gasteiger partial charge in [0.15, 0.2) is 0 Å². The van der Waals surface area contributed by atoms with E-state index >= 15 is 0 Å². The van der Waals surface area contributed by atoms with Crippen LogP contribution in [0.1, 0.15) is 60.4 Å². The zero-order chi connectivity index (χ0) is 19.8. The summed E-state index contributed by atoms with van der Waals surface area (Å²) in [5.41, 5.74) is 2.79. The first-order valence-corrected chi connectivity index (χ1v) is 11.2. The molecule has 1 amide bonds. The van der Waals surface area contributed by atoms with Gasteiger partial charge in [-0.15, -0.1) is 10.2 Å². The van der Waals surface area contributed by atoms with Crippen molar-refractivity contribution in [1.29, 1.82) is 0 Å². The van der Waals surface area contributed by atoms with Crippen LogP contribution in [-0.2, 0) is 0 Å². The second-order valence-electron chi connectivity index (χ2n) is 7.86. The van der Waals surface area contributed by atoms with Gasteiger partial charge in [-0.25, -0.2) is 0 Å². The van der Waals surface area contributed by atoms with E-state index < -0.39 is 0 Å². The number of H-pyrrole nitrogens is 1. The van der Waals surface area contributed by atoms with Gasteiger partial charge in [0.2, 0.25) is 5.13 Å². The van der Waals surface area contributed by atoms with Gasteiger partial charge < -0.3 is 15.2 Å². The number of carbonyl (C=O) groups is 1. The molecule has 2 aliphatic carbocycles. The smallest absolute Gasteiger partial charge is 0.270 e. The van der Waals surface area contributed by atoms with Crippen molar-refractivity contribution in [2.75, 3.05) is 11.9 Å². The fourth-order valence-electron chi connectivity index (χ4n) is 4.04. The normalized spacial score (nSPS) is 19.2. The van der Waals surface area contributed by atoms with Crippen LogP contribution >= 0.6 is 11.3 Å². The molecule has 0 radical (unpaired) electrons. The van der Waals surface area contributed by atoms with Crippen LogP contribution in [0.3, 0.4) is 0 Å². The first-order chi connectivity index (χ1) is 14.2. The lowest BCUT2D eigenvalue weighted by atomic mass is 9.98. The second-order valence-corrected chi connectivity index (χ2v) is 8.87. The topological polar surface area (TPSA) is 73.9 Å².